The second kappa shape index (κ2) is 3.77. The van der Waals surface area contributed by atoms with Gasteiger partial charge in [-0.3, -0.25) is 4.79 Å². The molecule has 0 saturated heterocycles. The number of hydrogen-bond acceptors (Lipinski definition) is 2. The summed E-state index contributed by atoms with van der Waals surface area (Å²) in [4.78, 5) is 10.5. The van der Waals surface area contributed by atoms with Crippen molar-refractivity contribution in [2.75, 3.05) is 0 Å². The van der Waals surface area contributed by atoms with Gasteiger partial charge in [-0.25, -0.2) is 4.39 Å². The maximum atomic E-state index is 13.1. The van der Waals surface area contributed by atoms with Crippen LogP contribution in [-0.2, 0) is 4.79 Å². The van der Waals surface area contributed by atoms with Crippen LogP contribution >= 0.6 is 0 Å². The van der Waals surface area contributed by atoms with Crippen LogP contribution in [0.25, 0.3) is 0 Å². The molecule has 1 amide bonds. The lowest BCUT2D eigenvalue weighted by Crippen LogP contribution is -2.39. The highest BCUT2D eigenvalue weighted by Crippen LogP contribution is 2.39. The second-order valence-corrected chi connectivity index (χ2v) is 4.59. The molecule has 0 aromatic heterocycles. The quantitative estimate of drug-likeness (QED) is 0.780. The summed E-state index contributed by atoms with van der Waals surface area (Å²) in [5.41, 5.74) is 0.345. The van der Waals surface area contributed by atoms with Crippen LogP contribution in [0.2, 0.25) is 0 Å². The molecule has 0 spiro atoms. The molecule has 0 fully saturated rings. The number of amides is 1. The van der Waals surface area contributed by atoms with E-state index in [9.17, 15) is 9.18 Å². The van der Waals surface area contributed by atoms with Crippen LogP contribution in [0.1, 0.15) is 31.9 Å². The minimum absolute atomic E-state index is 0.188. The average molecular weight is 223 g/mol. The van der Waals surface area contributed by atoms with Crippen molar-refractivity contribution in [1.29, 1.82) is 0 Å². The molecule has 1 aliphatic rings. The molecule has 0 bridgehead atoms. The standard InChI is InChI=1S/C12H14FNO2/c1-12(2)6-10(14-7-15)9-5-8(13)3-4-11(9)16-12/h3-5,7,10H,6H2,1-2H3,(H,14,15). The Balaban J connectivity index is 2.42. The molecular weight excluding hydrogens is 209 g/mol. The molecule has 1 aliphatic heterocycles. The average Bonchev–Trinajstić information content (AvgIpc) is 2.18. The Bertz CT molecular complexity index is 417. The number of benzene rings is 1. The van der Waals surface area contributed by atoms with Gasteiger partial charge in [0.25, 0.3) is 0 Å². The van der Waals surface area contributed by atoms with Crippen molar-refractivity contribution in [2.24, 2.45) is 0 Å². The highest BCUT2D eigenvalue weighted by molar-refractivity contribution is 5.50. The Kier molecular flexibility index (Phi) is 2.58. The van der Waals surface area contributed by atoms with Gasteiger partial charge in [-0.05, 0) is 32.0 Å². The van der Waals surface area contributed by atoms with E-state index in [-0.39, 0.29) is 17.5 Å². The van der Waals surface area contributed by atoms with Gasteiger partial charge in [-0.2, -0.15) is 0 Å². The van der Waals surface area contributed by atoms with Crippen LogP contribution < -0.4 is 10.1 Å². The van der Waals surface area contributed by atoms with E-state index in [1.807, 2.05) is 13.8 Å². The lowest BCUT2D eigenvalue weighted by atomic mass is 9.90. The highest BCUT2D eigenvalue weighted by atomic mass is 19.1. The van der Waals surface area contributed by atoms with E-state index in [0.717, 1.165) is 0 Å². The lowest BCUT2D eigenvalue weighted by molar-refractivity contribution is -0.110. The van der Waals surface area contributed by atoms with Gasteiger partial charge in [-0.1, -0.05) is 0 Å². The van der Waals surface area contributed by atoms with Crippen LogP contribution in [-0.4, -0.2) is 12.0 Å². The Hall–Kier alpha value is -1.58. The van der Waals surface area contributed by atoms with E-state index >= 15 is 0 Å². The molecule has 16 heavy (non-hydrogen) atoms. The number of halogens is 1. The van der Waals surface area contributed by atoms with Crippen molar-refractivity contribution in [2.45, 2.75) is 31.9 Å². The van der Waals surface area contributed by atoms with Crippen LogP contribution in [0, 0.1) is 5.82 Å². The molecular formula is C12H14FNO2. The maximum absolute atomic E-state index is 13.1. The van der Waals surface area contributed by atoms with Gasteiger partial charge in [0.2, 0.25) is 6.41 Å². The van der Waals surface area contributed by atoms with Crippen molar-refractivity contribution >= 4 is 6.41 Å². The van der Waals surface area contributed by atoms with Crippen molar-refractivity contribution in [1.82, 2.24) is 5.32 Å². The fourth-order valence-electron chi connectivity index (χ4n) is 2.06. The van der Waals surface area contributed by atoms with Crippen molar-refractivity contribution in [3.8, 4) is 5.75 Å². The summed E-state index contributed by atoms with van der Waals surface area (Å²) in [6, 6.07) is 4.18. The minimum Gasteiger partial charge on any atom is -0.487 e. The van der Waals surface area contributed by atoms with Gasteiger partial charge in [0.1, 0.15) is 17.2 Å². The third-order valence-electron chi connectivity index (χ3n) is 2.70. The fourth-order valence-corrected chi connectivity index (χ4v) is 2.06. The van der Waals surface area contributed by atoms with E-state index in [1.54, 1.807) is 6.07 Å². The molecule has 1 N–H and O–H groups in total. The topological polar surface area (TPSA) is 38.3 Å². The zero-order valence-corrected chi connectivity index (χ0v) is 9.29. The summed E-state index contributed by atoms with van der Waals surface area (Å²) in [6.07, 6.45) is 1.27. The Morgan fingerprint density at radius 1 is 1.56 bits per heavy atom. The molecule has 1 aromatic carbocycles. The molecule has 86 valence electrons. The first-order valence-electron chi connectivity index (χ1n) is 5.20. The Morgan fingerprint density at radius 3 is 3.00 bits per heavy atom. The molecule has 1 aromatic rings. The van der Waals surface area contributed by atoms with Crippen molar-refractivity contribution in [3.05, 3.63) is 29.6 Å². The van der Waals surface area contributed by atoms with Crippen LogP contribution in [0.15, 0.2) is 18.2 Å². The number of carbonyl (C=O) groups excluding carboxylic acids is 1. The van der Waals surface area contributed by atoms with E-state index in [2.05, 4.69) is 5.32 Å². The van der Waals surface area contributed by atoms with E-state index in [1.165, 1.54) is 12.1 Å². The number of rotatable bonds is 2. The monoisotopic (exact) mass is 223 g/mol. The number of fused-ring (bicyclic) bond motifs is 1. The molecule has 1 heterocycles. The summed E-state index contributed by atoms with van der Waals surface area (Å²) >= 11 is 0. The smallest absolute Gasteiger partial charge is 0.207 e. The van der Waals surface area contributed by atoms with Crippen molar-refractivity contribution in [3.63, 3.8) is 0 Å². The summed E-state index contributed by atoms with van der Waals surface area (Å²) in [5.74, 6) is 0.316. The molecule has 4 heteroatoms. The summed E-state index contributed by atoms with van der Waals surface area (Å²) < 4.78 is 18.9. The van der Waals surface area contributed by atoms with Crippen LogP contribution in [0.3, 0.4) is 0 Å². The lowest BCUT2D eigenvalue weighted by Gasteiger charge is -2.37. The normalized spacial score (nSPS) is 21.8. The number of nitrogens with one attached hydrogen (secondary N) is 1. The summed E-state index contributed by atoms with van der Waals surface area (Å²) in [7, 11) is 0. The number of ether oxygens (including phenoxy) is 1. The summed E-state index contributed by atoms with van der Waals surface area (Å²) in [6.45, 7) is 3.89. The third kappa shape index (κ3) is 2.01. The van der Waals surface area contributed by atoms with Gasteiger partial charge in [0.05, 0.1) is 6.04 Å². The SMILES string of the molecule is CC1(C)CC(NC=O)c2cc(F)ccc2O1. The molecule has 3 nitrogen and oxygen atoms in total. The predicted octanol–water partition coefficient (Wildman–Crippen LogP) is 2.17. The molecule has 0 radical (unpaired) electrons. The van der Waals surface area contributed by atoms with Crippen LogP contribution in [0.4, 0.5) is 4.39 Å². The Morgan fingerprint density at radius 2 is 2.31 bits per heavy atom. The Labute approximate surface area is 93.6 Å². The van der Waals surface area contributed by atoms with Gasteiger partial charge >= 0.3 is 0 Å². The molecule has 1 unspecified atom stereocenters. The predicted molar refractivity (Wildman–Crippen MR) is 57.7 cm³/mol. The summed E-state index contributed by atoms with van der Waals surface area (Å²) in [5, 5.41) is 2.70. The fraction of sp³-hybridized carbons (Fsp3) is 0.417. The van der Waals surface area contributed by atoms with Gasteiger partial charge in [0.15, 0.2) is 0 Å². The van der Waals surface area contributed by atoms with Gasteiger partial charge in [-0.15, -0.1) is 0 Å². The second-order valence-electron chi connectivity index (χ2n) is 4.59. The van der Waals surface area contributed by atoms with E-state index in [0.29, 0.717) is 24.1 Å². The van der Waals surface area contributed by atoms with Crippen LogP contribution in [0.5, 0.6) is 5.75 Å². The number of carbonyl (C=O) groups is 1. The maximum Gasteiger partial charge on any atom is 0.207 e. The minimum atomic E-state index is -0.356. The molecule has 1 atom stereocenters. The first-order chi connectivity index (χ1) is 7.52. The van der Waals surface area contributed by atoms with Gasteiger partial charge in [0, 0.05) is 12.0 Å². The first kappa shape index (κ1) is 10.9. The molecule has 2 rings (SSSR count). The van der Waals surface area contributed by atoms with Gasteiger partial charge < -0.3 is 10.1 Å². The third-order valence-corrected chi connectivity index (χ3v) is 2.70. The number of hydrogen-bond donors (Lipinski definition) is 1. The zero-order valence-electron chi connectivity index (χ0n) is 9.29. The first-order valence-corrected chi connectivity index (χ1v) is 5.20. The van der Waals surface area contributed by atoms with E-state index in [4.69, 9.17) is 4.74 Å². The largest absolute Gasteiger partial charge is 0.487 e. The van der Waals surface area contributed by atoms with Crippen molar-refractivity contribution < 1.29 is 13.9 Å². The zero-order chi connectivity index (χ0) is 11.8. The molecule has 0 aliphatic carbocycles. The molecule has 0 saturated carbocycles. The highest BCUT2D eigenvalue weighted by Gasteiger charge is 2.33. The van der Waals surface area contributed by atoms with E-state index < -0.39 is 0 Å².